The third kappa shape index (κ3) is 4.43. The lowest BCUT2D eigenvalue weighted by Crippen LogP contribution is -2.32. The average molecular weight is 302 g/mol. The molecule has 0 unspecified atom stereocenters. The van der Waals surface area contributed by atoms with Crippen LogP contribution in [0.1, 0.15) is 5.56 Å². The van der Waals surface area contributed by atoms with Crippen molar-refractivity contribution >= 4 is 35.3 Å². The van der Waals surface area contributed by atoms with E-state index in [0.29, 0.717) is 16.3 Å². The number of benzene rings is 2. The van der Waals surface area contributed by atoms with Gasteiger partial charge in [0.2, 0.25) is 0 Å². The molecule has 6 heteroatoms. The lowest BCUT2D eigenvalue weighted by atomic mass is 10.2. The van der Waals surface area contributed by atoms with Gasteiger partial charge in [0.25, 0.3) is 0 Å². The normalized spacial score (nSPS) is 10.3. The second-order valence-corrected chi connectivity index (χ2v) is 4.45. The first kappa shape index (κ1) is 14.7. The molecule has 0 spiro atoms. The molecule has 0 bridgehead atoms. The van der Waals surface area contributed by atoms with Crippen LogP contribution in [0, 0.1) is 0 Å². The molecule has 0 saturated carbocycles. The van der Waals surface area contributed by atoms with Crippen LogP contribution in [0.2, 0.25) is 5.02 Å². The van der Waals surface area contributed by atoms with Crippen molar-refractivity contribution in [2.75, 3.05) is 5.32 Å². The highest BCUT2D eigenvalue weighted by Crippen LogP contribution is 2.12. The van der Waals surface area contributed by atoms with E-state index in [2.05, 4.69) is 15.8 Å². The van der Waals surface area contributed by atoms with Crippen LogP contribution >= 0.6 is 11.6 Å². The minimum Gasteiger partial charge on any atom is -0.318 e. The fourth-order valence-electron chi connectivity index (χ4n) is 1.50. The Balaban J connectivity index is 1.90. The molecule has 0 heterocycles. The molecule has 0 fully saturated rings. The van der Waals surface area contributed by atoms with Gasteiger partial charge in [-0.3, -0.25) is 9.59 Å². The number of para-hydroxylation sites is 1. The molecule has 5 nitrogen and oxygen atoms in total. The molecule has 2 rings (SSSR count). The fourth-order valence-corrected chi connectivity index (χ4v) is 1.68. The Morgan fingerprint density at radius 1 is 0.952 bits per heavy atom. The molecule has 2 amide bonds. The summed E-state index contributed by atoms with van der Waals surface area (Å²) < 4.78 is 0. The first-order chi connectivity index (χ1) is 10.2. The van der Waals surface area contributed by atoms with Crippen molar-refractivity contribution in [1.29, 1.82) is 0 Å². The average Bonchev–Trinajstić information content (AvgIpc) is 2.50. The highest BCUT2D eigenvalue weighted by molar-refractivity contribution is 6.39. The lowest BCUT2D eigenvalue weighted by Gasteiger charge is -2.03. The van der Waals surface area contributed by atoms with Gasteiger partial charge in [0.1, 0.15) is 0 Å². The summed E-state index contributed by atoms with van der Waals surface area (Å²) in [4.78, 5) is 23.2. The van der Waals surface area contributed by atoms with Crippen LogP contribution in [0.15, 0.2) is 59.7 Å². The van der Waals surface area contributed by atoms with E-state index in [1.807, 2.05) is 6.07 Å². The maximum absolute atomic E-state index is 11.6. The third-order valence-corrected chi connectivity index (χ3v) is 2.86. The number of carbonyl (C=O) groups excluding carboxylic acids is 2. The summed E-state index contributed by atoms with van der Waals surface area (Å²) >= 11 is 5.93. The highest BCUT2D eigenvalue weighted by Gasteiger charge is 2.12. The Kier molecular flexibility index (Phi) is 5.06. The van der Waals surface area contributed by atoms with Crippen LogP contribution in [-0.4, -0.2) is 18.0 Å². The Morgan fingerprint density at radius 3 is 2.33 bits per heavy atom. The van der Waals surface area contributed by atoms with Gasteiger partial charge in [-0.15, -0.1) is 0 Å². The number of rotatable bonds is 3. The molecule has 0 saturated heterocycles. The fraction of sp³-hybridized carbons (Fsp3) is 0. The molecule has 0 aromatic heterocycles. The van der Waals surface area contributed by atoms with Gasteiger partial charge in [0, 0.05) is 16.3 Å². The number of nitrogens with one attached hydrogen (secondary N) is 2. The molecule has 0 aliphatic heterocycles. The van der Waals surface area contributed by atoms with Crippen LogP contribution in [0.3, 0.4) is 0 Å². The molecule has 2 N–H and O–H groups in total. The van der Waals surface area contributed by atoms with Gasteiger partial charge in [-0.2, -0.15) is 5.10 Å². The molecule has 0 atom stereocenters. The predicted molar refractivity (Wildman–Crippen MR) is 82.3 cm³/mol. The van der Waals surface area contributed by atoms with E-state index in [-0.39, 0.29) is 0 Å². The van der Waals surface area contributed by atoms with Crippen LogP contribution in [0.4, 0.5) is 5.69 Å². The quantitative estimate of drug-likeness (QED) is 0.519. The number of amides is 2. The van der Waals surface area contributed by atoms with E-state index < -0.39 is 11.8 Å². The number of carbonyl (C=O) groups is 2. The van der Waals surface area contributed by atoms with E-state index in [1.165, 1.54) is 6.21 Å². The van der Waals surface area contributed by atoms with E-state index >= 15 is 0 Å². The smallest absolute Gasteiger partial charge is 0.318 e. The predicted octanol–water partition coefficient (Wildman–Crippen LogP) is 2.43. The van der Waals surface area contributed by atoms with Crippen molar-refractivity contribution in [1.82, 2.24) is 5.43 Å². The first-order valence-electron chi connectivity index (χ1n) is 6.11. The number of hydrazone groups is 1. The number of halogens is 1. The van der Waals surface area contributed by atoms with Gasteiger partial charge in [-0.25, -0.2) is 5.43 Å². The second kappa shape index (κ2) is 7.21. The van der Waals surface area contributed by atoms with Gasteiger partial charge in [0.05, 0.1) is 6.21 Å². The van der Waals surface area contributed by atoms with Crippen molar-refractivity contribution in [3.63, 3.8) is 0 Å². The van der Waals surface area contributed by atoms with Gasteiger partial charge < -0.3 is 5.32 Å². The van der Waals surface area contributed by atoms with Crippen LogP contribution in [0.5, 0.6) is 0 Å². The van der Waals surface area contributed by atoms with Crippen molar-refractivity contribution in [3.8, 4) is 0 Å². The number of anilines is 1. The number of hydrogen-bond acceptors (Lipinski definition) is 3. The van der Waals surface area contributed by atoms with Crippen LogP contribution < -0.4 is 10.7 Å². The minimum absolute atomic E-state index is 0.504. The van der Waals surface area contributed by atoms with Crippen molar-refractivity contribution in [3.05, 3.63) is 65.2 Å². The maximum atomic E-state index is 11.6. The zero-order chi connectivity index (χ0) is 15.1. The summed E-state index contributed by atoms with van der Waals surface area (Å²) in [6, 6.07) is 15.7. The van der Waals surface area contributed by atoms with Gasteiger partial charge >= 0.3 is 11.8 Å². The lowest BCUT2D eigenvalue weighted by molar-refractivity contribution is -0.136. The van der Waals surface area contributed by atoms with Crippen molar-refractivity contribution in [2.45, 2.75) is 0 Å². The summed E-state index contributed by atoms with van der Waals surface area (Å²) in [7, 11) is 0. The summed E-state index contributed by atoms with van der Waals surface area (Å²) in [6.07, 6.45) is 1.37. The second-order valence-electron chi connectivity index (χ2n) is 4.04. The van der Waals surface area contributed by atoms with Crippen LogP contribution in [0.25, 0.3) is 0 Å². The van der Waals surface area contributed by atoms with Gasteiger partial charge in [0.15, 0.2) is 0 Å². The Labute approximate surface area is 126 Å². The summed E-state index contributed by atoms with van der Waals surface area (Å²) in [5.41, 5.74) is 3.31. The monoisotopic (exact) mass is 301 g/mol. The van der Waals surface area contributed by atoms with Gasteiger partial charge in [-0.05, 0) is 18.2 Å². The summed E-state index contributed by atoms with van der Waals surface area (Å²) in [5.74, 6) is -1.65. The maximum Gasteiger partial charge on any atom is 0.329 e. The number of nitrogens with zero attached hydrogens (tertiary/aromatic N) is 1. The molecule has 0 radical (unpaired) electrons. The minimum atomic E-state index is -0.859. The largest absolute Gasteiger partial charge is 0.329 e. The first-order valence-corrected chi connectivity index (χ1v) is 6.48. The van der Waals surface area contributed by atoms with E-state index in [0.717, 1.165) is 0 Å². The molecular weight excluding hydrogens is 290 g/mol. The molecule has 2 aromatic rings. The SMILES string of the molecule is O=C(NN=Cc1ccccc1Cl)C(=O)Nc1ccccc1. The zero-order valence-corrected chi connectivity index (χ0v) is 11.7. The zero-order valence-electron chi connectivity index (χ0n) is 10.9. The third-order valence-electron chi connectivity index (χ3n) is 2.51. The summed E-state index contributed by atoms with van der Waals surface area (Å²) in [6.45, 7) is 0. The van der Waals surface area contributed by atoms with E-state index in [9.17, 15) is 9.59 Å². The number of hydrogen-bond donors (Lipinski definition) is 2. The topological polar surface area (TPSA) is 70.6 Å². The molecular formula is C15H12ClN3O2. The standard InChI is InChI=1S/C15H12ClN3O2/c16-13-9-5-4-6-11(13)10-17-19-15(21)14(20)18-12-7-2-1-3-8-12/h1-10H,(H,18,20)(H,19,21). The molecule has 21 heavy (non-hydrogen) atoms. The van der Waals surface area contributed by atoms with Crippen molar-refractivity contribution < 1.29 is 9.59 Å². The summed E-state index contributed by atoms with van der Waals surface area (Å²) in [5, 5.41) is 6.65. The van der Waals surface area contributed by atoms with E-state index in [1.54, 1.807) is 48.5 Å². The Bertz CT molecular complexity index is 672. The van der Waals surface area contributed by atoms with Gasteiger partial charge in [-0.1, -0.05) is 48.0 Å². The van der Waals surface area contributed by atoms with E-state index in [4.69, 9.17) is 11.6 Å². The molecule has 2 aromatic carbocycles. The van der Waals surface area contributed by atoms with Crippen LogP contribution in [-0.2, 0) is 9.59 Å². The highest BCUT2D eigenvalue weighted by atomic mass is 35.5. The van der Waals surface area contributed by atoms with Crippen molar-refractivity contribution in [2.24, 2.45) is 5.10 Å². The molecule has 0 aliphatic rings. The Morgan fingerprint density at radius 2 is 1.62 bits per heavy atom. The Hall–Kier alpha value is -2.66. The molecule has 0 aliphatic carbocycles. The molecule has 106 valence electrons.